The van der Waals surface area contributed by atoms with Gasteiger partial charge in [-0.3, -0.25) is 0 Å². The lowest BCUT2D eigenvalue weighted by molar-refractivity contribution is -0.140. The minimum absolute atomic E-state index is 0.102. The molecule has 1 heterocycles. The van der Waals surface area contributed by atoms with Gasteiger partial charge in [0.15, 0.2) is 0 Å². The second-order valence-corrected chi connectivity index (χ2v) is 3.62. The molecule has 1 fully saturated rings. The Morgan fingerprint density at radius 2 is 2.23 bits per heavy atom. The van der Waals surface area contributed by atoms with Crippen LogP contribution < -0.4 is 5.32 Å². The Morgan fingerprint density at radius 1 is 1.54 bits per heavy atom. The minimum Gasteiger partial charge on any atom is -0.394 e. The molecule has 0 radical (unpaired) electrons. The molecule has 4 nitrogen and oxygen atoms in total. The molecule has 0 aliphatic carbocycles. The van der Waals surface area contributed by atoms with Crippen molar-refractivity contribution in [3.05, 3.63) is 0 Å². The average molecular weight is 189 g/mol. The number of ether oxygens (including phenoxy) is 1. The van der Waals surface area contributed by atoms with Gasteiger partial charge in [0.2, 0.25) is 0 Å². The van der Waals surface area contributed by atoms with Crippen molar-refractivity contribution in [2.45, 2.75) is 44.1 Å². The van der Waals surface area contributed by atoms with Crippen molar-refractivity contribution in [1.82, 2.24) is 5.32 Å². The van der Waals surface area contributed by atoms with Gasteiger partial charge in [-0.15, -0.1) is 0 Å². The summed E-state index contributed by atoms with van der Waals surface area (Å²) in [6, 6.07) is 0.265. The SMILES string of the molecule is CNC(C)C1CCC(O)C(CO)O1. The van der Waals surface area contributed by atoms with E-state index in [1.807, 2.05) is 14.0 Å². The van der Waals surface area contributed by atoms with Gasteiger partial charge in [0, 0.05) is 6.04 Å². The predicted molar refractivity (Wildman–Crippen MR) is 49.5 cm³/mol. The van der Waals surface area contributed by atoms with E-state index in [0.717, 1.165) is 6.42 Å². The molecule has 0 aromatic rings. The van der Waals surface area contributed by atoms with Gasteiger partial charge in [-0.05, 0) is 26.8 Å². The van der Waals surface area contributed by atoms with Crippen molar-refractivity contribution in [1.29, 1.82) is 0 Å². The lowest BCUT2D eigenvalue weighted by Crippen LogP contribution is -2.48. The fourth-order valence-corrected chi connectivity index (χ4v) is 1.62. The molecule has 1 saturated heterocycles. The molecule has 4 unspecified atom stereocenters. The van der Waals surface area contributed by atoms with Gasteiger partial charge in [0.05, 0.1) is 18.8 Å². The maximum atomic E-state index is 9.44. The fraction of sp³-hybridized carbons (Fsp3) is 1.00. The Balaban J connectivity index is 2.44. The standard InChI is InChI=1S/C9H19NO3/c1-6(10-2)8-4-3-7(12)9(5-11)13-8/h6-12H,3-5H2,1-2H3. The Labute approximate surface area is 78.9 Å². The van der Waals surface area contributed by atoms with Crippen LogP contribution in [0.5, 0.6) is 0 Å². The first-order valence-electron chi connectivity index (χ1n) is 4.80. The number of rotatable bonds is 3. The summed E-state index contributed by atoms with van der Waals surface area (Å²) in [5.74, 6) is 0. The fourth-order valence-electron chi connectivity index (χ4n) is 1.62. The molecule has 1 aliphatic heterocycles. The van der Waals surface area contributed by atoms with Crippen LogP contribution in [-0.4, -0.2) is 48.2 Å². The molecule has 3 N–H and O–H groups in total. The van der Waals surface area contributed by atoms with E-state index >= 15 is 0 Å². The van der Waals surface area contributed by atoms with Gasteiger partial charge in [-0.25, -0.2) is 0 Å². The summed E-state index contributed by atoms with van der Waals surface area (Å²) >= 11 is 0. The van der Waals surface area contributed by atoms with Crippen LogP contribution in [0.25, 0.3) is 0 Å². The van der Waals surface area contributed by atoms with Crippen LogP contribution in [0.3, 0.4) is 0 Å². The van der Waals surface area contributed by atoms with E-state index in [9.17, 15) is 5.11 Å². The molecule has 4 atom stereocenters. The number of aliphatic hydroxyl groups excluding tert-OH is 2. The molecule has 0 amide bonds. The zero-order valence-corrected chi connectivity index (χ0v) is 8.23. The zero-order chi connectivity index (χ0) is 9.84. The van der Waals surface area contributed by atoms with Gasteiger partial charge >= 0.3 is 0 Å². The summed E-state index contributed by atoms with van der Waals surface area (Å²) in [7, 11) is 1.88. The highest BCUT2D eigenvalue weighted by Crippen LogP contribution is 2.21. The van der Waals surface area contributed by atoms with Gasteiger partial charge < -0.3 is 20.3 Å². The van der Waals surface area contributed by atoms with Gasteiger partial charge in [-0.1, -0.05) is 0 Å². The molecule has 0 bridgehead atoms. The lowest BCUT2D eigenvalue weighted by Gasteiger charge is -2.35. The van der Waals surface area contributed by atoms with Crippen LogP contribution in [0, 0.1) is 0 Å². The molecule has 0 aromatic carbocycles. The molecule has 0 aromatic heterocycles. The average Bonchev–Trinajstić information content (AvgIpc) is 2.17. The maximum Gasteiger partial charge on any atom is 0.107 e. The Kier molecular flexibility index (Phi) is 4.12. The second kappa shape index (κ2) is 4.91. The zero-order valence-electron chi connectivity index (χ0n) is 8.23. The summed E-state index contributed by atoms with van der Waals surface area (Å²) in [4.78, 5) is 0. The third kappa shape index (κ3) is 2.64. The monoisotopic (exact) mass is 189 g/mol. The number of likely N-dealkylation sites (N-methyl/N-ethyl adjacent to an activating group) is 1. The van der Waals surface area contributed by atoms with E-state index in [4.69, 9.17) is 9.84 Å². The molecule has 13 heavy (non-hydrogen) atoms. The largest absolute Gasteiger partial charge is 0.394 e. The van der Waals surface area contributed by atoms with E-state index < -0.39 is 12.2 Å². The first kappa shape index (κ1) is 10.9. The molecule has 1 rings (SSSR count). The van der Waals surface area contributed by atoms with E-state index in [1.165, 1.54) is 0 Å². The Morgan fingerprint density at radius 3 is 2.77 bits per heavy atom. The summed E-state index contributed by atoms with van der Waals surface area (Å²) in [6.45, 7) is 1.94. The van der Waals surface area contributed by atoms with Crippen molar-refractivity contribution in [2.24, 2.45) is 0 Å². The molecule has 4 heteroatoms. The summed E-state index contributed by atoms with van der Waals surface area (Å²) < 4.78 is 5.54. The minimum atomic E-state index is -0.509. The van der Waals surface area contributed by atoms with Crippen molar-refractivity contribution < 1.29 is 14.9 Å². The van der Waals surface area contributed by atoms with Gasteiger partial charge in [-0.2, -0.15) is 0 Å². The van der Waals surface area contributed by atoms with E-state index in [2.05, 4.69) is 5.32 Å². The molecule has 78 valence electrons. The van der Waals surface area contributed by atoms with Crippen molar-refractivity contribution in [2.75, 3.05) is 13.7 Å². The van der Waals surface area contributed by atoms with Crippen LogP contribution in [0.4, 0.5) is 0 Å². The Hall–Kier alpha value is -0.160. The van der Waals surface area contributed by atoms with E-state index in [0.29, 0.717) is 6.42 Å². The smallest absolute Gasteiger partial charge is 0.107 e. The number of aliphatic hydroxyl groups is 2. The van der Waals surface area contributed by atoms with Crippen LogP contribution in [0.1, 0.15) is 19.8 Å². The summed E-state index contributed by atoms with van der Waals surface area (Å²) in [5.41, 5.74) is 0. The molecule has 0 spiro atoms. The van der Waals surface area contributed by atoms with Crippen molar-refractivity contribution in [3.63, 3.8) is 0 Å². The van der Waals surface area contributed by atoms with Crippen molar-refractivity contribution >= 4 is 0 Å². The molecular weight excluding hydrogens is 170 g/mol. The summed E-state index contributed by atoms with van der Waals surface area (Å²) in [6.07, 6.45) is 0.743. The molecule has 0 saturated carbocycles. The van der Waals surface area contributed by atoms with Crippen LogP contribution in [0.2, 0.25) is 0 Å². The first-order chi connectivity index (χ1) is 6.19. The highest BCUT2D eigenvalue weighted by Gasteiger charge is 2.31. The summed E-state index contributed by atoms with van der Waals surface area (Å²) in [5, 5.41) is 21.5. The quantitative estimate of drug-likeness (QED) is 0.560. The van der Waals surface area contributed by atoms with E-state index in [1.54, 1.807) is 0 Å². The Bertz CT molecular complexity index is 154. The third-order valence-corrected chi connectivity index (χ3v) is 2.72. The van der Waals surface area contributed by atoms with E-state index in [-0.39, 0.29) is 18.8 Å². The second-order valence-electron chi connectivity index (χ2n) is 3.62. The predicted octanol–water partition coefficient (Wildman–Crippen LogP) is -0.505. The normalized spacial score (nSPS) is 37.4. The molecule has 1 aliphatic rings. The number of hydrogen-bond acceptors (Lipinski definition) is 4. The van der Waals surface area contributed by atoms with Crippen LogP contribution in [-0.2, 0) is 4.74 Å². The first-order valence-corrected chi connectivity index (χ1v) is 4.80. The van der Waals surface area contributed by atoms with Crippen LogP contribution in [0.15, 0.2) is 0 Å². The highest BCUT2D eigenvalue weighted by atomic mass is 16.5. The van der Waals surface area contributed by atoms with Crippen molar-refractivity contribution in [3.8, 4) is 0 Å². The lowest BCUT2D eigenvalue weighted by atomic mass is 9.98. The highest BCUT2D eigenvalue weighted by molar-refractivity contribution is 4.82. The van der Waals surface area contributed by atoms with Gasteiger partial charge in [0.25, 0.3) is 0 Å². The topological polar surface area (TPSA) is 61.7 Å². The number of hydrogen-bond donors (Lipinski definition) is 3. The van der Waals surface area contributed by atoms with Crippen LogP contribution >= 0.6 is 0 Å². The third-order valence-electron chi connectivity index (χ3n) is 2.72. The maximum absolute atomic E-state index is 9.44. The number of nitrogens with one attached hydrogen (secondary N) is 1. The van der Waals surface area contributed by atoms with Gasteiger partial charge in [0.1, 0.15) is 6.10 Å². The molecular formula is C9H19NO3.